The number of carbonyl (C=O) groups is 2. The van der Waals surface area contributed by atoms with Crippen LogP contribution in [0.3, 0.4) is 0 Å². The van der Waals surface area contributed by atoms with Crippen molar-refractivity contribution in [2.24, 2.45) is 5.10 Å². The van der Waals surface area contributed by atoms with Crippen LogP contribution >= 0.6 is 11.6 Å². The number of carbonyl (C=O) groups excluding carboxylic acids is 2. The number of hydrazone groups is 1. The smallest absolute Gasteiger partial charge is 0.271 e. The van der Waals surface area contributed by atoms with Gasteiger partial charge in [-0.25, -0.2) is 5.43 Å². The standard InChI is InChI=1S/C21H24ClN3O2/c1-15-10-11-18(14-19(15)22)21(27)25-24-16(2)13-20(26)23-12-6-9-17-7-4-3-5-8-17/h3-5,7-8,10-11,14H,6,9,12-13H2,1-2H3,(H,23,26)(H,25,27)/b24-16-. The van der Waals surface area contributed by atoms with E-state index in [0.29, 0.717) is 22.8 Å². The molecule has 0 heterocycles. The van der Waals surface area contributed by atoms with E-state index in [2.05, 4.69) is 28.0 Å². The van der Waals surface area contributed by atoms with Crippen molar-refractivity contribution in [2.45, 2.75) is 33.1 Å². The highest BCUT2D eigenvalue weighted by molar-refractivity contribution is 6.31. The molecule has 0 atom stereocenters. The van der Waals surface area contributed by atoms with Gasteiger partial charge in [0.25, 0.3) is 5.91 Å². The molecule has 2 amide bonds. The van der Waals surface area contributed by atoms with Crippen LogP contribution < -0.4 is 10.7 Å². The molecule has 2 N–H and O–H groups in total. The summed E-state index contributed by atoms with van der Waals surface area (Å²) in [5.41, 5.74) is 5.56. The summed E-state index contributed by atoms with van der Waals surface area (Å²) in [6.45, 7) is 4.17. The molecule has 2 aromatic rings. The first-order valence-electron chi connectivity index (χ1n) is 8.86. The molecule has 142 valence electrons. The van der Waals surface area contributed by atoms with Crippen molar-refractivity contribution in [3.63, 3.8) is 0 Å². The summed E-state index contributed by atoms with van der Waals surface area (Å²) < 4.78 is 0. The molecule has 0 aliphatic rings. The molecule has 0 saturated heterocycles. The first kappa shape index (κ1) is 20.6. The van der Waals surface area contributed by atoms with Crippen LogP contribution in [0.15, 0.2) is 53.6 Å². The number of aryl methyl sites for hydroxylation is 2. The number of halogens is 1. The zero-order chi connectivity index (χ0) is 19.6. The van der Waals surface area contributed by atoms with Gasteiger partial charge in [0.15, 0.2) is 0 Å². The van der Waals surface area contributed by atoms with Crippen molar-refractivity contribution < 1.29 is 9.59 Å². The summed E-state index contributed by atoms with van der Waals surface area (Å²) in [4.78, 5) is 24.0. The zero-order valence-electron chi connectivity index (χ0n) is 15.6. The Morgan fingerprint density at radius 1 is 1.11 bits per heavy atom. The van der Waals surface area contributed by atoms with Crippen molar-refractivity contribution in [2.75, 3.05) is 6.54 Å². The van der Waals surface area contributed by atoms with E-state index in [4.69, 9.17) is 11.6 Å². The van der Waals surface area contributed by atoms with Gasteiger partial charge in [0, 0.05) is 22.8 Å². The highest BCUT2D eigenvalue weighted by Crippen LogP contribution is 2.16. The lowest BCUT2D eigenvalue weighted by Gasteiger charge is -2.06. The lowest BCUT2D eigenvalue weighted by molar-refractivity contribution is -0.119. The third-order valence-electron chi connectivity index (χ3n) is 4.01. The number of nitrogens with one attached hydrogen (secondary N) is 2. The second-order valence-electron chi connectivity index (χ2n) is 6.37. The van der Waals surface area contributed by atoms with Gasteiger partial charge in [0.05, 0.1) is 6.42 Å². The molecule has 0 bridgehead atoms. The average molecular weight is 386 g/mol. The lowest BCUT2D eigenvalue weighted by atomic mass is 10.1. The fourth-order valence-corrected chi connectivity index (χ4v) is 2.62. The molecular formula is C21H24ClN3O2. The fraction of sp³-hybridized carbons (Fsp3) is 0.286. The minimum absolute atomic E-state index is 0.114. The number of rotatable bonds is 8. The lowest BCUT2D eigenvalue weighted by Crippen LogP contribution is -2.27. The van der Waals surface area contributed by atoms with Gasteiger partial charge in [-0.15, -0.1) is 0 Å². The molecule has 2 aromatic carbocycles. The zero-order valence-corrected chi connectivity index (χ0v) is 16.3. The molecule has 2 rings (SSSR count). The summed E-state index contributed by atoms with van der Waals surface area (Å²) in [6, 6.07) is 15.2. The molecule has 27 heavy (non-hydrogen) atoms. The van der Waals surface area contributed by atoms with Crippen LogP contribution in [0.2, 0.25) is 5.02 Å². The monoisotopic (exact) mass is 385 g/mol. The quantitative estimate of drug-likeness (QED) is 0.411. The third kappa shape index (κ3) is 7.23. The van der Waals surface area contributed by atoms with Gasteiger partial charge in [0.1, 0.15) is 0 Å². The predicted molar refractivity (Wildman–Crippen MR) is 109 cm³/mol. The van der Waals surface area contributed by atoms with Crippen molar-refractivity contribution in [3.05, 3.63) is 70.2 Å². The molecule has 5 nitrogen and oxygen atoms in total. The third-order valence-corrected chi connectivity index (χ3v) is 4.41. The number of amides is 2. The minimum atomic E-state index is -0.362. The number of hydrogen-bond acceptors (Lipinski definition) is 3. The Hall–Kier alpha value is -2.66. The summed E-state index contributed by atoms with van der Waals surface area (Å²) in [6.07, 6.45) is 1.93. The first-order valence-corrected chi connectivity index (χ1v) is 9.24. The van der Waals surface area contributed by atoms with E-state index in [0.717, 1.165) is 18.4 Å². The van der Waals surface area contributed by atoms with Gasteiger partial charge in [-0.3, -0.25) is 9.59 Å². The van der Waals surface area contributed by atoms with Crippen LogP contribution in [-0.2, 0) is 11.2 Å². The second-order valence-corrected chi connectivity index (χ2v) is 6.78. The highest BCUT2D eigenvalue weighted by Gasteiger charge is 2.08. The van der Waals surface area contributed by atoms with E-state index in [-0.39, 0.29) is 18.2 Å². The molecule has 0 aromatic heterocycles. The molecule has 0 radical (unpaired) electrons. The van der Waals surface area contributed by atoms with Crippen molar-refractivity contribution in [1.29, 1.82) is 0 Å². The van der Waals surface area contributed by atoms with Crippen molar-refractivity contribution in [1.82, 2.24) is 10.7 Å². The van der Waals surface area contributed by atoms with Crippen molar-refractivity contribution in [3.8, 4) is 0 Å². The van der Waals surface area contributed by atoms with Crippen LogP contribution in [0, 0.1) is 6.92 Å². The van der Waals surface area contributed by atoms with Crippen LogP contribution in [0.4, 0.5) is 0 Å². The summed E-state index contributed by atoms with van der Waals surface area (Å²) >= 11 is 6.02. The maximum absolute atomic E-state index is 12.1. The summed E-state index contributed by atoms with van der Waals surface area (Å²) in [5, 5.41) is 7.37. The summed E-state index contributed by atoms with van der Waals surface area (Å²) in [5.74, 6) is -0.475. The molecule has 0 saturated carbocycles. The maximum atomic E-state index is 12.1. The first-order chi connectivity index (χ1) is 13.0. The van der Waals surface area contributed by atoms with Crippen LogP contribution in [-0.4, -0.2) is 24.1 Å². The van der Waals surface area contributed by atoms with E-state index in [1.165, 1.54) is 5.56 Å². The van der Waals surface area contributed by atoms with E-state index < -0.39 is 0 Å². The molecule has 0 aliphatic carbocycles. The normalized spacial score (nSPS) is 11.1. The molecule has 0 aliphatic heterocycles. The minimum Gasteiger partial charge on any atom is -0.356 e. The van der Waals surface area contributed by atoms with E-state index in [1.807, 2.05) is 25.1 Å². The van der Waals surface area contributed by atoms with Gasteiger partial charge in [-0.05, 0) is 49.9 Å². The van der Waals surface area contributed by atoms with E-state index in [9.17, 15) is 9.59 Å². The number of nitrogens with zero attached hydrogens (tertiary/aromatic N) is 1. The molecular weight excluding hydrogens is 362 g/mol. The topological polar surface area (TPSA) is 70.6 Å². The van der Waals surface area contributed by atoms with Crippen LogP contribution in [0.5, 0.6) is 0 Å². The fourth-order valence-electron chi connectivity index (χ4n) is 2.44. The number of benzene rings is 2. The largest absolute Gasteiger partial charge is 0.356 e. The molecule has 0 fully saturated rings. The van der Waals surface area contributed by atoms with E-state index >= 15 is 0 Å². The molecule has 0 unspecified atom stereocenters. The van der Waals surface area contributed by atoms with Crippen LogP contribution in [0.1, 0.15) is 41.3 Å². The van der Waals surface area contributed by atoms with Gasteiger partial charge in [0.2, 0.25) is 5.91 Å². The Balaban J connectivity index is 1.71. The van der Waals surface area contributed by atoms with Gasteiger partial charge in [-0.1, -0.05) is 48.0 Å². The van der Waals surface area contributed by atoms with E-state index in [1.54, 1.807) is 25.1 Å². The summed E-state index contributed by atoms with van der Waals surface area (Å²) in [7, 11) is 0. The molecule has 6 heteroatoms. The molecule has 0 spiro atoms. The van der Waals surface area contributed by atoms with Gasteiger partial charge >= 0.3 is 0 Å². The number of hydrogen-bond donors (Lipinski definition) is 2. The SMILES string of the molecule is C/C(CC(=O)NCCCc1ccccc1)=N/NC(=O)c1ccc(C)c(Cl)c1. The Bertz CT molecular complexity index is 819. The second kappa shape index (κ2) is 10.5. The van der Waals surface area contributed by atoms with Gasteiger partial charge < -0.3 is 5.32 Å². The highest BCUT2D eigenvalue weighted by atomic mass is 35.5. The Morgan fingerprint density at radius 3 is 2.56 bits per heavy atom. The average Bonchev–Trinajstić information content (AvgIpc) is 2.66. The Kier molecular flexibility index (Phi) is 8.01. The Labute approximate surface area is 164 Å². The van der Waals surface area contributed by atoms with Gasteiger partial charge in [-0.2, -0.15) is 5.10 Å². The van der Waals surface area contributed by atoms with Crippen LogP contribution in [0.25, 0.3) is 0 Å². The Morgan fingerprint density at radius 2 is 1.85 bits per heavy atom. The maximum Gasteiger partial charge on any atom is 0.271 e. The van der Waals surface area contributed by atoms with Crippen molar-refractivity contribution >= 4 is 29.1 Å². The predicted octanol–water partition coefficient (Wildman–Crippen LogP) is 3.89.